The summed E-state index contributed by atoms with van der Waals surface area (Å²) in [6.45, 7) is 10.0. The molecule has 0 unspecified atom stereocenters. The highest BCUT2D eigenvalue weighted by atomic mass is 35.5. The van der Waals surface area contributed by atoms with Crippen LogP contribution in [-0.4, -0.2) is 38.2 Å². The third kappa shape index (κ3) is 11.9. The zero-order chi connectivity index (χ0) is 22.3. The SMILES string of the molecule is CCCCN(CCCC)CCCNCc1ccc(OCc2ccccc2F)c(OC)c1.Cl.Cl. The number of unbranched alkanes of at least 4 members (excludes halogenated alkanes) is 2. The van der Waals surface area contributed by atoms with Gasteiger partial charge in [-0.1, -0.05) is 51.0 Å². The summed E-state index contributed by atoms with van der Waals surface area (Å²) < 4.78 is 25.1. The normalized spacial score (nSPS) is 10.5. The first-order chi connectivity index (χ1) is 15.2. The second-order valence-electron chi connectivity index (χ2n) is 7.94. The van der Waals surface area contributed by atoms with Crippen LogP contribution in [0.5, 0.6) is 11.5 Å². The number of halogens is 3. The van der Waals surface area contributed by atoms with Crippen molar-refractivity contribution < 1.29 is 13.9 Å². The van der Waals surface area contributed by atoms with Gasteiger partial charge in [0.2, 0.25) is 0 Å². The molecular formula is C26H41Cl2FN2O2. The molecule has 1 N–H and O–H groups in total. The van der Waals surface area contributed by atoms with Gasteiger partial charge in [-0.05, 0) is 69.2 Å². The van der Waals surface area contributed by atoms with Crippen molar-refractivity contribution in [3.8, 4) is 11.5 Å². The molecule has 0 atom stereocenters. The maximum atomic E-state index is 13.8. The van der Waals surface area contributed by atoms with Crippen LogP contribution in [0.4, 0.5) is 4.39 Å². The van der Waals surface area contributed by atoms with Gasteiger partial charge in [0, 0.05) is 12.1 Å². The second-order valence-corrected chi connectivity index (χ2v) is 7.94. The van der Waals surface area contributed by atoms with Crippen molar-refractivity contribution in [3.05, 3.63) is 59.4 Å². The molecule has 4 nitrogen and oxygen atoms in total. The molecule has 0 aliphatic heterocycles. The Hall–Kier alpha value is -1.53. The predicted molar refractivity (Wildman–Crippen MR) is 141 cm³/mol. The molecule has 0 saturated heterocycles. The zero-order valence-electron chi connectivity index (χ0n) is 20.3. The van der Waals surface area contributed by atoms with Gasteiger partial charge in [-0.3, -0.25) is 0 Å². The average molecular weight is 504 g/mol. The fraction of sp³-hybridized carbons (Fsp3) is 0.538. The Bertz CT molecular complexity index is 757. The molecule has 2 aromatic carbocycles. The summed E-state index contributed by atoms with van der Waals surface area (Å²) >= 11 is 0. The van der Waals surface area contributed by atoms with Crippen LogP contribution in [0.3, 0.4) is 0 Å². The summed E-state index contributed by atoms with van der Waals surface area (Å²) in [6.07, 6.45) is 6.21. The Morgan fingerprint density at radius 2 is 1.55 bits per heavy atom. The minimum absolute atomic E-state index is 0. The lowest BCUT2D eigenvalue weighted by Gasteiger charge is -2.22. The third-order valence-corrected chi connectivity index (χ3v) is 5.38. The zero-order valence-corrected chi connectivity index (χ0v) is 21.9. The van der Waals surface area contributed by atoms with Crippen molar-refractivity contribution in [1.82, 2.24) is 10.2 Å². The van der Waals surface area contributed by atoms with Crippen LogP contribution < -0.4 is 14.8 Å². The van der Waals surface area contributed by atoms with Gasteiger partial charge in [0.15, 0.2) is 11.5 Å². The second kappa shape index (κ2) is 18.8. The summed E-state index contributed by atoms with van der Waals surface area (Å²) in [4.78, 5) is 2.60. The Kier molecular flexibility index (Phi) is 18.0. The van der Waals surface area contributed by atoms with Crippen molar-refractivity contribution in [3.63, 3.8) is 0 Å². The Morgan fingerprint density at radius 3 is 2.18 bits per heavy atom. The molecule has 0 bridgehead atoms. The monoisotopic (exact) mass is 502 g/mol. The van der Waals surface area contributed by atoms with Crippen molar-refractivity contribution in [2.75, 3.05) is 33.3 Å². The van der Waals surface area contributed by atoms with E-state index in [9.17, 15) is 4.39 Å². The Morgan fingerprint density at radius 1 is 0.879 bits per heavy atom. The molecule has 188 valence electrons. The van der Waals surface area contributed by atoms with Crippen molar-refractivity contribution in [1.29, 1.82) is 0 Å². The number of nitrogens with zero attached hydrogens (tertiary/aromatic N) is 1. The fourth-order valence-electron chi connectivity index (χ4n) is 3.47. The van der Waals surface area contributed by atoms with E-state index in [-0.39, 0.29) is 37.2 Å². The van der Waals surface area contributed by atoms with E-state index in [4.69, 9.17) is 9.47 Å². The summed E-state index contributed by atoms with van der Waals surface area (Å²) in [5.74, 6) is 1.03. The van der Waals surface area contributed by atoms with E-state index in [1.807, 2.05) is 18.2 Å². The number of ether oxygens (including phenoxy) is 2. The molecule has 0 aromatic heterocycles. The minimum Gasteiger partial charge on any atom is -0.493 e. The number of benzene rings is 2. The van der Waals surface area contributed by atoms with Crippen LogP contribution in [0.2, 0.25) is 0 Å². The molecule has 33 heavy (non-hydrogen) atoms. The smallest absolute Gasteiger partial charge is 0.161 e. The predicted octanol–water partition coefficient (Wildman–Crippen LogP) is 6.64. The summed E-state index contributed by atoms with van der Waals surface area (Å²) in [6, 6.07) is 12.6. The van der Waals surface area contributed by atoms with Crippen LogP contribution in [0.1, 0.15) is 57.1 Å². The van der Waals surface area contributed by atoms with E-state index in [0.717, 1.165) is 31.6 Å². The molecule has 0 amide bonds. The summed E-state index contributed by atoms with van der Waals surface area (Å²) in [5, 5.41) is 3.53. The van der Waals surface area contributed by atoms with Gasteiger partial charge in [0.25, 0.3) is 0 Å². The Balaban J connectivity index is 0.00000512. The lowest BCUT2D eigenvalue weighted by atomic mass is 10.2. The first-order valence-electron chi connectivity index (χ1n) is 11.6. The van der Waals surface area contributed by atoms with E-state index in [2.05, 4.69) is 24.1 Å². The molecule has 0 saturated carbocycles. The lowest BCUT2D eigenvalue weighted by molar-refractivity contribution is 0.261. The fourth-order valence-corrected chi connectivity index (χ4v) is 3.47. The number of nitrogens with one attached hydrogen (secondary N) is 1. The van der Waals surface area contributed by atoms with E-state index >= 15 is 0 Å². The van der Waals surface area contributed by atoms with Crippen LogP contribution in [0.15, 0.2) is 42.5 Å². The molecule has 0 fully saturated rings. The number of rotatable bonds is 16. The quantitative estimate of drug-likeness (QED) is 0.261. The molecule has 0 spiro atoms. The molecule has 0 radical (unpaired) electrons. The van der Waals surface area contributed by atoms with Gasteiger partial charge in [-0.25, -0.2) is 4.39 Å². The number of hydrogen-bond acceptors (Lipinski definition) is 4. The van der Waals surface area contributed by atoms with E-state index in [1.165, 1.54) is 44.8 Å². The van der Waals surface area contributed by atoms with Crippen LogP contribution in [0, 0.1) is 5.82 Å². The largest absolute Gasteiger partial charge is 0.493 e. The van der Waals surface area contributed by atoms with Gasteiger partial charge >= 0.3 is 0 Å². The standard InChI is InChI=1S/C26H39FN2O2.2ClH/c1-4-6-16-29(17-7-5-2)18-10-15-28-20-22-13-14-25(26(19-22)30-3)31-21-23-11-8-9-12-24(23)27;;/h8-9,11-14,19,28H,4-7,10,15-18,20-21H2,1-3H3;2*1H. The highest BCUT2D eigenvalue weighted by Gasteiger charge is 2.08. The highest BCUT2D eigenvalue weighted by Crippen LogP contribution is 2.29. The molecule has 2 aromatic rings. The highest BCUT2D eigenvalue weighted by molar-refractivity contribution is 5.85. The van der Waals surface area contributed by atoms with Crippen LogP contribution in [0.25, 0.3) is 0 Å². The molecule has 0 heterocycles. The van der Waals surface area contributed by atoms with Gasteiger partial charge < -0.3 is 19.7 Å². The van der Waals surface area contributed by atoms with Crippen molar-refractivity contribution in [2.24, 2.45) is 0 Å². The number of methoxy groups -OCH3 is 1. The van der Waals surface area contributed by atoms with Crippen LogP contribution in [-0.2, 0) is 13.2 Å². The first-order valence-corrected chi connectivity index (χ1v) is 11.6. The van der Waals surface area contributed by atoms with Gasteiger partial charge in [0.05, 0.1) is 7.11 Å². The summed E-state index contributed by atoms with van der Waals surface area (Å²) in [5.41, 5.74) is 1.67. The molecule has 7 heteroatoms. The maximum Gasteiger partial charge on any atom is 0.161 e. The minimum atomic E-state index is -0.259. The molecule has 0 aliphatic rings. The van der Waals surface area contributed by atoms with Gasteiger partial charge in [0.1, 0.15) is 12.4 Å². The van der Waals surface area contributed by atoms with E-state index < -0.39 is 0 Å². The lowest BCUT2D eigenvalue weighted by Crippen LogP contribution is -2.29. The van der Waals surface area contributed by atoms with Crippen molar-refractivity contribution in [2.45, 2.75) is 59.1 Å². The first kappa shape index (κ1) is 31.5. The average Bonchev–Trinajstić information content (AvgIpc) is 2.79. The number of hydrogen-bond donors (Lipinski definition) is 1. The van der Waals surface area contributed by atoms with Crippen LogP contribution >= 0.6 is 24.8 Å². The van der Waals surface area contributed by atoms with Gasteiger partial charge in [-0.15, -0.1) is 24.8 Å². The molecule has 0 aliphatic carbocycles. The molecule has 2 rings (SSSR count). The van der Waals surface area contributed by atoms with E-state index in [1.54, 1.807) is 25.3 Å². The van der Waals surface area contributed by atoms with Crippen molar-refractivity contribution >= 4 is 24.8 Å². The van der Waals surface area contributed by atoms with Gasteiger partial charge in [-0.2, -0.15) is 0 Å². The third-order valence-electron chi connectivity index (χ3n) is 5.38. The topological polar surface area (TPSA) is 33.7 Å². The summed E-state index contributed by atoms with van der Waals surface area (Å²) in [7, 11) is 1.63. The van der Waals surface area contributed by atoms with E-state index in [0.29, 0.717) is 17.1 Å². The maximum absolute atomic E-state index is 13.8. The Labute approximate surface area is 212 Å². The molecular weight excluding hydrogens is 462 g/mol.